The Morgan fingerprint density at radius 1 is 1.55 bits per heavy atom. The van der Waals surface area contributed by atoms with E-state index >= 15 is 0 Å². The highest BCUT2D eigenvalue weighted by Crippen LogP contribution is 2.23. The van der Waals surface area contributed by atoms with Crippen LogP contribution in [-0.2, 0) is 0 Å². The van der Waals surface area contributed by atoms with Crippen LogP contribution in [0, 0.1) is 0 Å². The molecule has 0 aliphatic heterocycles. The molecule has 0 saturated heterocycles. The van der Waals surface area contributed by atoms with Crippen LogP contribution in [0.3, 0.4) is 0 Å². The third-order valence-electron chi connectivity index (χ3n) is 1.24. The third-order valence-corrected chi connectivity index (χ3v) is 2.09. The van der Waals surface area contributed by atoms with Crippen LogP contribution in [0.25, 0.3) is 0 Å². The summed E-state index contributed by atoms with van der Waals surface area (Å²) >= 11 is 8.43. The van der Waals surface area contributed by atoms with Gasteiger partial charge in [0.15, 0.2) is 0 Å². The van der Waals surface area contributed by atoms with Gasteiger partial charge in [-0.1, -0.05) is 6.07 Å². The van der Waals surface area contributed by atoms with Crippen LogP contribution in [0.5, 0.6) is 0 Å². The van der Waals surface area contributed by atoms with Crippen molar-refractivity contribution in [3.63, 3.8) is 0 Å². The minimum absolute atomic E-state index is 0.328. The summed E-state index contributed by atoms with van der Waals surface area (Å²) in [6, 6.07) is 5.08. The Kier molecular flexibility index (Phi) is 2.52. The Morgan fingerprint density at radius 3 is 2.55 bits per heavy atom. The standard InChI is InChI=1S/C7H5BrClNO/c8-4-2-1-3-5(10)6(4)7(9)11/h1-3H,10H2. The van der Waals surface area contributed by atoms with Gasteiger partial charge in [-0.05, 0) is 39.7 Å². The van der Waals surface area contributed by atoms with E-state index < -0.39 is 5.24 Å². The number of nitrogens with two attached hydrogens (primary N) is 1. The fourth-order valence-electron chi connectivity index (χ4n) is 0.748. The van der Waals surface area contributed by atoms with Crippen molar-refractivity contribution in [2.24, 2.45) is 0 Å². The van der Waals surface area contributed by atoms with Crippen molar-refractivity contribution in [1.82, 2.24) is 0 Å². The molecule has 0 unspecified atom stereocenters. The normalized spacial score (nSPS) is 9.64. The zero-order chi connectivity index (χ0) is 8.43. The topological polar surface area (TPSA) is 43.1 Å². The first-order valence-corrected chi connectivity index (χ1v) is 4.04. The molecule has 0 bridgehead atoms. The summed E-state index contributed by atoms with van der Waals surface area (Å²) in [6.07, 6.45) is 0. The van der Waals surface area contributed by atoms with Gasteiger partial charge in [-0.25, -0.2) is 0 Å². The Bertz CT molecular complexity index is 280. The highest BCUT2D eigenvalue weighted by molar-refractivity contribution is 9.10. The number of nitrogen functional groups attached to an aromatic ring is 1. The molecule has 0 heterocycles. The fourth-order valence-corrected chi connectivity index (χ4v) is 1.63. The average Bonchev–Trinajstić information content (AvgIpc) is 1.85. The number of carbonyl (C=O) groups is 1. The first-order valence-electron chi connectivity index (χ1n) is 2.86. The van der Waals surface area contributed by atoms with Crippen molar-refractivity contribution >= 4 is 38.5 Å². The molecule has 0 aromatic heterocycles. The Balaban J connectivity index is 3.32. The largest absolute Gasteiger partial charge is 0.398 e. The number of carbonyl (C=O) groups excluding carboxylic acids is 1. The van der Waals surface area contributed by atoms with Gasteiger partial charge in [0, 0.05) is 10.2 Å². The Hall–Kier alpha value is -0.540. The lowest BCUT2D eigenvalue weighted by Gasteiger charge is -2.01. The molecule has 0 amide bonds. The lowest BCUT2D eigenvalue weighted by Crippen LogP contribution is -1.97. The number of hydrogen-bond acceptors (Lipinski definition) is 2. The lowest BCUT2D eigenvalue weighted by molar-refractivity contribution is 0.108. The molecule has 58 valence electrons. The maximum atomic E-state index is 10.7. The monoisotopic (exact) mass is 233 g/mol. The molecule has 4 heteroatoms. The van der Waals surface area contributed by atoms with Crippen molar-refractivity contribution in [3.05, 3.63) is 28.2 Å². The van der Waals surface area contributed by atoms with Gasteiger partial charge in [0.25, 0.3) is 5.24 Å². The molecule has 1 aromatic rings. The molecular formula is C7H5BrClNO. The minimum atomic E-state index is -0.546. The van der Waals surface area contributed by atoms with E-state index in [-0.39, 0.29) is 0 Å². The second-order valence-corrected chi connectivity index (χ2v) is 3.18. The maximum Gasteiger partial charge on any atom is 0.255 e. The van der Waals surface area contributed by atoms with Crippen molar-refractivity contribution in [3.8, 4) is 0 Å². The minimum Gasteiger partial charge on any atom is -0.398 e. The van der Waals surface area contributed by atoms with Gasteiger partial charge in [0.05, 0.1) is 5.56 Å². The first-order chi connectivity index (χ1) is 5.13. The van der Waals surface area contributed by atoms with E-state index in [9.17, 15) is 4.79 Å². The molecule has 0 fully saturated rings. The van der Waals surface area contributed by atoms with Gasteiger partial charge in [-0.15, -0.1) is 0 Å². The van der Waals surface area contributed by atoms with Crippen LogP contribution in [-0.4, -0.2) is 5.24 Å². The van der Waals surface area contributed by atoms with Gasteiger partial charge < -0.3 is 5.73 Å². The highest BCUT2D eigenvalue weighted by Gasteiger charge is 2.09. The number of hydrogen-bond donors (Lipinski definition) is 1. The summed E-state index contributed by atoms with van der Waals surface area (Å²) in [6.45, 7) is 0. The van der Waals surface area contributed by atoms with Crippen molar-refractivity contribution in [2.75, 3.05) is 5.73 Å². The molecule has 2 nitrogen and oxygen atoms in total. The number of benzene rings is 1. The van der Waals surface area contributed by atoms with Gasteiger partial charge in [0.2, 0.25) is 0 Å². The molecule has 0 atom stereocenters. The average molecular weight is 234 g/mol. The Morgan fingerprint density at radius 2 is 2.18 bits per heavy atom. The van der Waals surface area contributed by atoms with E-state index in [1.165, 1.54) is 0 Å². The van der Waals surface area contributed by atoms with Crippen LogP contribution in [0.2, 0.25) is 0 Å². The predicted molar refractivity (Wildman–Crippen MR) is 48.7 cm³/mol. The summed E-state index contributed by atoms with van der Waals surface area (Å²) in [5, 5.41) is -0.546. The van der Waals surface area contributed by atoms with Gasteiger partial charge in [0.1, 0.15) is 0 Å². The van der Waals surface area contributed by atoms with Gasteiger partial charge in [-0.2, -0.15) is 0 Å². The molecule has 0 saturated carbocycles. The molecule has 2 N–H and O–H groups in total. The SMILES string of the molecule is Nc1cccc(Br)c1C(=O)Cl. The van der Waals surface area contributed by atoms with E-state index in [4.69, 9.17) is 17.3 Å². The zero-order valence-electron chi connectivity index (χ0n) is 5.47. The first kappa shape index (κ1) is 8.56. The van der Waals surface area contributed by atoms with Crippen LogP contribution >= 0.6 is 27.5 Å². The second kappa shape index (κ2) is 3.24. The molecule has 0 aliphatic rings. The van der Waals surface area contributed by atoms with Crippen molar-refractivity contribution in [2.45, 2.75) is 0 Å². The van der Waals surface area contributed by atoms with Crippen LogP contribution in [0.1, 0.15) is 10.4 Å². The Labute approximate surface area is 77.5 Å². The van der Waals surface area contributed by atoms with Gasteiger partial charge in [-0.3, -0.25) is 4.79 Å². The van der Waals surface area contributed by atoms with Crippen LogP contribution in [0.15, 0.2) is 22.7 Å². The molecule has 1 aromatic carbocycles. The van der Waals surface area contributed by atoms with Crippen molar-refractivity contribution in [1.29, 1.82) is 0 Å². The van der Waals surface area contributed by atoms with E-state index in [0.717, 1.165) is 0 Å². The number of rotatable bonds is 1. The number of anilines is 1. The summed E-state index contributed by atoms with van der Waals surface area (Å²) in [4.78, 5) is 10.7. The molecule has 11 heavy (non-hydrogen) atoms. The smallest absolute Gasteiger partial charge is 0.255 e. The highest BCUT2D eigenvalue weighted by atomic mass is 79.9. The van der Waals surface area contributed by atoms with E-state index in [1.54, 1.807) is 18.2 Å². The molecule has 0 radical (unpaired) electrons. The second-order valence-electron chi connectivity index (χ2n) is 1.98. The van der Waals surface area contributed by atoms with E-state index in [0.29, 0.717) is 15.7 Å². The molecule has 1 rings (SSSR count). The number of halogens is 2. The summed E-state index contributed by atoms with van der Waals surface area (Å²) in [5.41, 5.74) is 6.20. The zero-order valence-corrected chi connectivity index (χ0v) is 7.82. The van der Waals surface area contributed by atoms with E-state index in [1.807, 2.05) is 0 Å². The summed E-state index contributed by atoms with van der Waals surface area (Å²) in [7, 11) is 0. The lowest BCUT2D eigenvalue weighted by atomic mass is 10.2. The molecule has 0 spiro atoms. The quantitative estimate of drug-likeness (QED) is 0.599. The fraction of sp³-hybridized carbons (Fsp3) is 0. The third kappa shape index (κ3) is 1.73. The van der Waals surface area contributed by atoms with Crippen molar-refractivity contribution < 1.29 is 4.79 Å². The summed E-state index contributed by atoms with van der Waals surface area (Å²) in [5.74, 6) is 0. The van der Waals surface area contributed by atoms with Crippen LogP contribution < -0.4 is 5.73 Å². The summed E-state index contributed by atoms with van der Waals surface area (Å²) < 4.78 is 0.623. The maximum absolute atomic E-state index is 10.7. The van der Waals surface area contributed by atoms with Gasteiger partial charge >= 0.3 is 0 Å². The molecular weight excluding hydrogens is 229 g/mol. The van der Waals surface area contributed by atoms with E-state index in [2.05, 4.69) is 15.9 Å². The predicted octanol–water partition coefficient (Wildman–Crippen LogP) is 2.41. The van der Waals surface area contributed by atoms with Crippen LogP contribution in [0.4, 0.5) is 5.69 Å². The molecule has 0 aliphatic carbocycles.